The molecule has 4 N–H and O–H groups in total. The maximum absolute atomic E-state index is 9.38. The van der Waals surface area contributed by atoms with E-state index in [9.17, 15) is 5.11 Å². The van der Waals surface area contributed by atoms with Crippen LogP contribution in [0.2, 0.25) is 0 Å². The van der Waals surface area contributed by atoms with Crippen LogP contribution >= 0.6 is 0 Å². The van der Waals surface area contributed by atoms with E-state index >= 15 is 0 Å². The number of nitrogens with zero attached hydrogens (tertiary/aromatic N) is 1. The van der Waals surface area contributed by atoms with Gasteiger partial charge in [-0.2, -0.15) is 4.57 Å². The molecule has 0 amide bonds. The van der Waals surface area contributed by atoms with E-state index in [1.807, 2.05) is 4.57 Å². The Hall–Kier alpha value is -1.29. The van der Waals surface area contributed by atoms with Gasteiger partial charge in [0.2, 0.25) is 11.4 Å². The highest BCUT2D eigenvalue weighted by Gasteiger charge is 2.13. The zero-order valence-corrected chi connectivity index (χ0v) is 7.70. The van der Waals surface area contributed by atoms with Gasteiger partial charge in [0.1, 0.15) is 6.54 Å². The molecule has 4 heteroatoms. The van der Waals surface area contributed by atoms with E-state index in [4.69, 9.17) is 10.8 Å². The van der Waals surface area contributed by atoms with Crippen molar-refractivity contribution in [3.8, 4) is 11.5 Å². The fourth-order valence-electron chi connectivity index (χ4n) is 1.18. The average Bonchev–Trinajstić information content (AvgIpc) is 2.13. The molecule has 0 spiro atoms. The van der Waals surface area contributed by atoms with Crippen LogP contribution in [0, 0.1) is 6.92 Å². The van der Waals surface area contributed by atoms with E-state index in [0.29, 0.717) is 12.2 Å². The monoisotopic (exact) mass is 183 g/mol. The summed E-state index contributed by atoms with van der Waals surface area (Å²) in [5, 5.41) is 18.5. The summed E-state index contributed by atoms with van der Waals surface area (Å²) in [6.45, 7) is 3.13. The number of rotatable bonds is 3. The van der Waals surface area contributed by atoms with Crippen molar-refractivity contribution in [2.45, 2.75) is 19.9 Å². The Labute approximate surface area is 77.2 Å². The molecule has 0 fully saturated rings. The minimum atomic E-state index is -0.0819. The lowest BCUT2D eigenvalue weighted by Gasteiger charge is -2.02. The van der Waals surface area contributed by atoms with Crippen molar-refractivity contribution >= 4 is 0 Å². The fraction of sp³-hybridized carbons (Fsp3) is 0.444. The van der Waals surface area contributed by atoms with E-state index in [1.165, 1.54) is 6.07 Å². The van der Waals surface area contributed by atoms with Crippen LogP contribution in [0.25, 0.3) is 0 Å². The molecule has 1 heterocycles. The molecule has 0 radical (unpaired) electrons. The molecule has 4 nitrogen and oxygen atoms in total. The molecule has 0 saturated carbocycles. The van der Waals surface area contributed by atoms with Gasteiger partial charge >= 0.3 is 0 Å². The topological polar surface area (TPSA) is 70.4 Å². The first kappa shape index (κ1) is 9.80. The standard InChI is InChI=1S/C9H14N2O2/c1-7-9(13)8(12)3-6-11(7)5-2-4-10/h3,6,13H,2,4-5,10H2,1H3/p+1. The maximum Gasteiger partial charge on any atom is 0.226 e. The number of aryl methyl sites for hydroxylation is 1. The van der Waals surface area contributed by atoms with Crippen LogP contribution in [0.5, 0.6) is 11.5 Å². The van der Waals surface area contributed by atoms with E-state index in [0.717, 1.165) is 13.0 Å². The highest BCUT2D eigenvalue weighted by atomic mass is 16.3. The van der Waals surface area contributed by atoms with Gasteiger partial charge in [-0.05, 0) is 6.54 Å². The number of hydrogen-bond donors (Lipinski definition) is 3. The summed E-state index contributed by atoms with van der Waals surface area (Å²) >= 11 is 0. The molecule has 72 valence electrons. The third-order valence-electron chi connectivity index (χ3n) is 2.03. The predicted molar refractivity (Wildman–Crippen MR) is 48.4 cm³/mol. The molecule has 0 aliphatic heterocycles. The molecule has 0 unspecified atom stereocenters. The second-order valence-electron chi connectivity index (χ2n) is 2.97. The third-order valence-corrected chi connectivity index (χ3v) is 2.03. The molecule has 0 aliphatic rings. The number of hydrogen-bond acceptors (Lipinski definition) is 3. The smallest absolute Gasteiger partial charge is 0.226 e. The van der Waals surface area contributed by atoms with Crippen molar-refractivity contribution in [3.63, 3.8) is 0 Å². The number of nitrogens with two attached hydrogens (primary N) is 1. The first-order valence-corrected chi connectivity index (χ1v) is 4.28. The summed E-state index contributed by atoms with van der Waals surface area (Å²) < 4.78 is 1.86. The van der Waals surface area contributed by atoms with Crippen molar-refractivity contribution in [1.82, 2.24) is 0 Å². The lowest BCUT2D eigenvalue weighted by molar-refractivity contribution is -0.703. The van der Waals surface area contributed by atoms with Gasteiger partial charge < -0.3 is 15.9 Å². The van der Waals surface area contributed by atoms with Gasteiger partial charge in [0.25, 0.3) is 0 Å². The van der Waals surface area contributed by atoms with Crippen LogP contribution < -0.4 is 10.3 Å². The van der Waals surface area contributed by atoms with Gasteiger partial charge in [0, 0.05) is 19.4 Å². The molecular formula is C9H15N2O2+. The van der Waals surface area contributed by atoms with Crippen LogP contribution in [-0.4, -0.2) is 16.8 Å². The molecule has 0 saturated heterocycles. The van der Waals surface area contributed by atoms with Crippen molar-refractivity contribution in [1.29, 1.82) is 0 Å². The minimum absolute atomic E-state index is 0.0560. The molecule has 0 atom stereocenters. The Morgan fingerprint density at radius 1 is 1.46 bits per heavy atom. The van der Waals surface area contributed by atoms with Crippen molar-refractivity contribution in [3.05, 3.63) is 18.0 Å². The van der Waals surface area contributed by atoms with Gasteiger partial charge in [0.05, 0.1) is 0 Å². The van der Waals surface area contributed by atoms with Crippen molar-refractivity contribution < 1.29 is 14.8 Å². The zero-order chi connectivity index (χ0) is 9.84. The first-order valence-electron chi connectivity index (χ1n) is 4.28. The number of aromatic hydroxyl groups is 2. The number of pyridine rings is 1. The molecule has 1 aromatic rings. The van der Waals surface area contributed by atoms with Gasteiger partial charge in [-0.1, -0.05) is 0 Å². The summed E-state index contributed by atoms with van der Waals surface area (Å²) in [5.41, 5.74) is 6.03. The summed E-state index contributed by atoms with van der Waals surface area (Å²) in [6, 6.07) is 1.47. The second-order valence-corrected chi connectivity index (χ2v) is 2.97. The third kappa shape index (κ3) is 2.09. The molecular weight excluding hydrogens is 168 g/mol. The highest BCUT2D eigenvalue weighted by Crippen LogP contribution is 2.24. The van der Waals surface area contributed by atoms with Crippen molar-refractivity contribution in [2.24, 2.45) is 5.73 Å². The molecule has 0 aliphatic carbocycles. The van der Waals surface area contributed by atoms with Gasteiger partial charge in [-0.3, -0.25) is 0 Å². The Morgan fingerprint density at radius 3 is 2.77 bits per heavy atom. The van der Waals surface area contributed by atoms with Gasteiger partial charge in [-0.15, -0.1) is 0 Å². The summed E-state index contributed by atoms with van der Waals surface area (Å²) in [7, 11) is 0. The van der Waals surface area contributed by atoms with Crippen LogP contribution in [0.3, 0.4) is 0 Å². The Bertz CT molecular complexity index is 300. The zero-order valence-electron chi connectivity index (χ0n) is 7.70. The average molecular weight is 183 g/mol. The highest BCUT2D eigenvalue weighted by molar-refractivity contribution is 5.36. The van der Waals surface area contributed by atoms with Crippen LogP contribution in [-0.2, 0) is 6.54 Å². The molecule has 1 rings (SSSR count). The van der Waals surface area contributed by atoms with Gasteiger partial charge in [0.15, 0.2) is 11.9 Å². The maximum atomic E-state index is 9.38. The predicted octanol–water partition coefficient (Wildman–Crippen LogP) is 0.0425. The normalized spacial score (nSPS) is 10.3. The molecule has 1 aromatic heterocycles. The van der Waals surface area contributed by atoms with Crippen molar-refractivity contribution in [2.75, 3.05) is 6.54 Å². The minimum Gasteiger partial charge on any atom is -0.504 e. The van der Waals surface area contributed by atoms with Crippen LogP contribution in [0.15, 0.2) is 12.3 Å². The summed E-state index contributed by atoms with van der Waals surface area (Å²) in [4.78, 5) is 0. The Balaban J connectivity index is 2.90. The SMILES string of the molecule is Cc1c(O)c(O)cc[n+]1CCCN. The van der Waals surface area contributed by atoms with E-state index in [1.54, 1.807) is 13.1 Å². The van der Waals surface area contributed by atoms with Crippen LogP contribution in [0.1, 0.15) is 12.1 Å². The molecule has 0 bridgehead atoms. The quantitative estimate of drug-likeness (QED) is 0.579. The summed E-state index contributed by atoms with van der Waals surface area (Å²) in [6.07, 6.45) is 2.59. The second kappa shape index (κ2) is 4.09. The van der Waals surface area contributed by atoms with Gasteiger partial charge in [-0.25, -0.2) is 0 Å². The largest absolute Gasteiger partial charge is 0.504 e. The van der Waals surface area contributed by atoms with E-state index in [2.05, 4.69) is 0 Å². The first-order chi connectivity index (χ1) is 6.16. The van der Waals surface area contributed by atoms with Crippen LogP contribution in [0.4, 0.5) is 0 Å². The summed E-state index contributed by atoms with van der Waals surface area (Å²) in [5.74, 6) is -0.138. The Kier molecular flexibility index (Phi) is 3.08. The van der Waals surface area contributed by atoms with E-state index < -0.39 is 0 Å². The Morgan fingerprint density at radius 2 is 2.15 bits per heavy atom. The molecule has 0 aromatic carbocycles. The lowest BCUT2D eigenvalue weighted by Crippen LogP contribution is -2.37. The van der Waals surface area contributed by atoms with E-state index in [-0.39, 0.29) is 11.5 Å². The lowest BCUT2D eigenvalue weighted by atomic mass is 10.3. The fourth-order valence-corrected chi connectivity index (χ4v) is 1.18. The number of aromatic nitrogens is 1. The molecule has 13 heavy (non-hydrogen) atoms.